The van der Waals surface area contributed by atoms with Crippen molar-refractivity contribution in [3.8, 4) is 0 Å². The molecule has 31 heavy (non-hydrogen) atoms. The van der Waals surface area contributed by atoms with Crippen LogP contribution in [-0.2, 0) is 13.0 Å². The molecule has 0 radical (unpaired) electrons. The van der Waals surface area contributed by atoms with Crippen molar-refractivity contribution in [3.05, 3.63) is 59.7 Å². The van der Waals surface area contributed by atoms with Gasteiger partial charge in [0.2, 0.25) is 0 Å². The lowest BCUT2D eigenvalue weighted by Gasteiger charge is -2.33. The van der Waals surface area contributed by atoms with E-state index in [9.17, 15) is 4.39 Å². The van der Waals surface area contributed by atoms with Crippen molar-refractivity contribution >= 4 is 22.7 Å². The van der Waals surface area contributed by atoms with Gasteiger partial charge in [-0.1, -0.05) is 6.07 Å². The molecule has 4 rings (SSSR count). The fourth-order valence-corrected chi connectivity index (χ4v) is 3.82. The number of pyridine rings is 1. The van der Waals surface area contributed by atoms with Crippen molar-refractivity contribution < 1.29 is 4.39 Å². The first kappa shape index (κ1) is 21.1. The monoisotopic (exact) mass is 423 g/mol. The smallest absolute Gasteiger partial charge is 0.191 e. The zero-order valence-corrected chi connectivity index (χ0v) is 18.2. The lowest BCUT2D eigenvalue weighted by Crippen LogP contribution is -2.44. The SMILES string of the molecule is CN=C(NCCc1c[nH]c2ccc(F)cc12)NCc1ccc(N2CCN(C)CC2)nc1. The number of hydrogen-bond acceptors (Lipinski definition) is 4. The first-order valence-electron chi connectivity index (χ1n) is 10.7. The van der Waals surface area contributed by atoms with Crippen molar-refractivity contribution in [3.63, 3.8) is 0 Å². The van der Waals surface area contributed by atoms with Crippen molar-refractivity contribution in [1.82, 2.24) is 25.5 Å². The number of H-pyrrole nitrogens is 1. The van der Waals surface area contributed by atoms with Crippen LogP contribution in [0.3, 0.4) is 0 Å². The summed E-state index contributed by atoms with van der Waals surface area (Å²) in [4.78, 5) is 16.8. The van der Waals surface area contributed by atoms with E-state index in [4.69, 9.17) is 0 Å². The van der Waals surface area contributed by atoms with Gasteiger partial charge in [0.15, 0.2) is 5.96 Å². The van der Waals surface area contributed by atoms with Gasteiger partial charge in [-0.2, -0.15) is 0 Å². The zero-order chi connectivity index (χ0) is 21.6. The van der Waals surface area contributed by atoms with Crippen LogP contribution in [0.5, 0.6) is 0 Å². The maximum Gasteiger partial charge on any atom is 0.191 e. The lowest BCUT2D eigenvalue weighted by molar-refractivity contribution is 0.312. The van der Waals surface area contributed by atoms with Gasteiger partial charge in [-0.25, -0.2) is 9.37 Å². The van der Waals surface area contributed by atoms with Gasteiger partial charge in [0, 0.05) is 69.6 Å². The predicted octanol–water partition coefficient (Wildman–Crippen LogP) is 2.36. The Morgan fingerprint density at radius 3 is 2.74 bits per heavy atom. The highest BCUT2D eigenvalue weighted by atomic mass is 19.1. The second-order valence-electron chi connectivity index (χ2n) is 7.92. The summed E-state index contributed by atoms with van der Waals surface area (Å²) < 4.78 is 13.5. The maximum atomic E-state index is 13.5. The molecule has 1 aliphatic heterocycles. The molecule has 0 amide bonds. The van der Waals surface area contributed by atoms with Gasteiger partial charge in [-0.15, -0.1) is 0 Å². The van der Waals surface area contributed by atoms with Crippen LogP contribution >= 0.6 is 0 Å². The molecule has 8 heteroatoms. The topological polar surface area (TPSA) is 71.6 Å². The van der Waals surface area contributed by atoms with Crippen LogP contribution in [0.2, 0.25) is 0 Å². The minimum Gasteiger partial charge on any atom is -0.361 e. The molecule has 0 aliphatic carbocycles. The molecule has 3 N–H and O–H groups in total. The van der Waals surface area contributed by atoms with Gasteiger partial charge in [0.25, 0.3) is 0 Å². The minimum absolute atomic E-state index is 0.217. The molecule has 0 spiro atoms. The fraction of sp³-hybridized carbons (Fsp3) is 0.391. The van der Waals surface area contributed by atoms with E-state index in [-0.39, 0.29) is 5.82 Å². The summed E-state index contributed by atoms with van der Waals surface area (Å²) in [6.07, 6.45) is 4.63. The van der Waals surface area contributed by atoms with Gasteiger partial charge in [0.05, 0.1) is 0 Å². The third kappa shape index (κ3) is 5.32. The number of likely N-dealkylation sites (N-methyl/N-ethyl adjacent to an activating group) is 1. The maximum absolute atomic E-state index is 13.5. The number of piperazine rings is 1. The number of halogens is 1. The molecule has 1 aliphatic rings. The summed E-state index contributed by atoms with van der Waals surface area (Å²) in [5, 5.41) is 7.58. The number of benzene rings is 1. The van der Waals surface area contributed by atoms with Crippen LogP contribution in [0.15, 0.2) is 47.7 Å². The summed E-state index contributed by atoms with van der Waals surface area (Å²) in [6.45, 7) is 5.51. The summed E-state index contributed by atoms with van der Waals surface area (Å²) >= 11 is 0. The number of nitrogens with one attached hydrogen (secondary N) is 3. The average molecular weight is 424 g/mol. The van der Waals surface area contributed by atoms with Gasteiger partial charge in [-0.3, -0.25) is 4.99 Å². The van der Waals surface area contributed by atoms with E-state index in [0.717, 1.165) is 66.4 Å². The summed E-state index contributed by atoms with van der Waals surface area (Å²) in [5.41, 5.74) is 3.14. The van der Waals surface area contributed by atoms with Crippen molar-refractivity contribution in [2.24, 2.45) is 4.99 Å². The van der Waals surface area contributed by atoms with Crippen LogP contribution in [0.4, 0.5) is 10.2 Å². The molecule has 0 atom stereocenters. The molecule has 0 saturated carbocycles. The highest BCUT2D eigenvalue weighted by Gasteiger charge is 2.15. The lowest BCUT2D eigenvalue weighted by atomic mass is 10.1. The molecule has 1 saturated heterocycles. The van der Waals surface area contributed by atoms with E-state index in [0.29, 0.717) is 13.1 Å². The second kappa shape index (κ2) is 9.78. The summed E-state index contributed by atoms with van der Waals surface area (Å²) in [5.74, 6) is 1.55. The number of aromatic amines is 1. The van der Waals surface area contributed by atoms with Crippen LogP contribution in [0.1, 0.15) is 11.1 Å². The van der Waals surface area contributed by atoms with Crippen LogP contribution in [-0.4, -0.2) is 67.6 Å². The first-order chi connectivity index (χ1) is 15.1. The number of rotatable bonds is 6. The predicted molar refractivity (Wildman–Crippen MR) is 124 cm³/mol. The Morgan fingerprint density at radius 2 is 2.00 bits per heavy atom. The number of aromatic nitrogens is 2. The first-order valence-corrected chi connectivity index (χ1v) is 10.7. The molecule has 1 fully saturated rings. The highest BCUT2D eigenvalue weighted by molar-refractivity contribution is 5.83. The molecule has 0 unspecified atom stereocenters. The molecule has 3 aromatic rings. The third-order valence-corrected chi connectivity index (χ3v) is 5.74. The standard InChI is InChI=1S/C23H30FN7/c1-25-23(26-8-7-18-16-27-21-5-4-19(24)13-20(18)21)29-15-17-3-6-22(28-14-17)31-11-9-30(2)10-12-31/h3-6,13-14,16,27H,7-12,15H2,1-2H3,(H2,25,26,29). The van der Waals surface area contributed by atoms with E-state index >= 15 is 0 Å². The molecule has 164 valence electrons. The zero-order valence-electron chi connectivity index (χ0n) is 18.2. The average Bonchev–Trinajstić information content (AvgIpc) is 3.19. The number of nitrogens with zero attached hydrogens (tertiary/aromatic N) is 4. The largest absolute Gasteiger partial charge is 0.361 e. The Hall–Kier alpha value is -3.13. The normalized spacial score (nSPS) is 15.5. The Kier molecular flexibility index (Phi) is 6.66. The molecular formula is C23H30FN7. The Morgan fingerprint density at radius 1 is 1.16 bits per heavy atom. The van der Waals surface area contributed by atoms with E-state index in [1.54, 1.807) is 19.2 Å². The van der Waals surface area contributed by atoms with Gasteiger partial charge >= 0.3 is 0 Å². The van der Waals surface area contributed by atoms with Crippen LogP contribution in [0, 0.1) is 5.82 Å². The van der Waals surface area contributed by atoms with Gasteiger partial charge in [0.1, 0.15) is 11.6 Å². The summed E-state index contributed by atoms with van der Waals surface area (Å²) in [7, 11) is 3.91. The van der Waals surface area contributed by atoms with E-state index < -0.39 is 0 Å². The Bertz CT molecular complexity index is 1020. The van der Waals surface area contributed by atoms with Crippen molar-refractivity contribution in [1.29, 1.82) is 0 Å². The molecule has 7 nitrogen and oxygen atoms in total. The van der Waals surface area contributed by atoms with Crippen molar-refractivity contribution in [2.75, 3.05) is 51.7 Å². The number of aliphatic imine (C=N–C) groups is 1. The molecule has 3 heterocycles. The number of anilines is 1. The third-order valence-electron chi connectivity index (χ3n) is 5.74. The Balaban J connectivity index is 1.25. The summed E-state index contributed by atoms with van der Waals surface area (Å²) in [6, 6.07) is 9.02. The minimum atomic E-state index is -0.217. The van der Waals surface area contributed by atoms with Crippen LogP contribution < -0.4 is 15.5 Å². The Labute approximate surface area is 182 Å². The molecule has 2 aromatic heterocycles. The van der Waals surface area contributed by atoms with Gasteiger partial charge < -0.3 is 25.4 Å². The van der Waals surface area contributed by atoms with Crippen molar-refractivity contribution in [2.45, 2.75) is 13.0 Å². The molecular weight excluding hydrogens is 393 g/mol. The number of guanidine groups is 1. The number of hydrogen-bond donors (Lipinski definition) is 3. The molecule has 0 bridgehead atoms. The quantitative estimate of drug-likeness (QED) is 0.419. The van der Waals surface area contributed by atoms with Crippen LogP contribution in [0.25, 0.3) is 10.9 Å². The van der Waals surface area contributed by atoms with E-state index in [2.05, 4.69) is 54.6 Å². The number of fused-ring (bicyclic) bond motifs is 1. The molecule has 1 aromatic carbocycles. The second-order valence-corrected chi connectivity index (χ2v) is 7.92. The van der Waals surface area contributed by atoms with E-state index in [1.165, 1.54) is 6.07 Å². The van der Waals surface area contributed by atoms with Gasteiger partial charge in [-0.05, 0) is 48.9 Å². The highest BCUT2D eigenvalue weighted by Crippen LogP contribution is 2.19. The van der Waals surface area contributed by atoms with E-state index in [1.807, 2.05) is 12.4 Å². The fourth-order valence-electron chi connectivity index (χ4n) is 3.82.